The number of benzene rings is 1. The molecule has 1 atom stereocenters. The minimum absolute atomic E-state index is 0.0934. The Morgan fingerprint density at radius 2 is 1.97 bits per heavy atom. The van der Waals surface area contributed by atoms with Crippen LogP contribution in [0.15, 0.2) is 35.1 Å². The summed E-state index contributed by atoms with van der Waals surface area (Å²) in [5, 5.41) is 4.08. The zero-order valence-corrected chi connectivity index (χ0v) is 16.8. The molecule has 2 aromatic heterocycles. The molecule has 4 heterocycles. The zero-order chi connectivity index (χ0) is 21.0. The van der Waals surface area contributed by atoms with Gasteiger partial charge in [0.2, 0.25) is 11.8 Å². The van der Waals surface area contributed by atoms with Crippen LogP contribution in [0.4, 0.5) is 4.79 Å². The summed E-state index contributed by atoms with van der Waals surface area (Å²) in [6.45, 7) is 2.23. The number of imide groups is 1. The van der Waals surface area contributed by atoms with Gasteiger partial charge in [0.15, 0.2) is 5.65 Å². The number of amides is 3. The summed E-state index contributed by atoms with van der Waals surface area (Å²) < 4.78 is 1.42. The third-order valence-corrected chi connectivity index (χ3v) is 6.35. The number of nitrogens with zero attached hydrogens (tertiary/aromatic N) is 3. The Hall–Kier alpha value is -3.40. The molecule has 2 aliphatic rings. The molecule has 3 amide bonds. The van der Waals surface area contributed by atoms with E-state index in [1.807, 2.05) is 37.3 Å². The van der Waals surface area contributed by atoms with Crippen LogP contribution in [0.1, 0.15) is 23.4 Å². The summed E-state index contributed by atoms with van der Waals surface area (Å²) >= 11 is 0.819. The Bertz CT molecular complexity index is 1280. The largest absolute Gasteiger partial charge is 0.332 e. The number of nitrogens with one attached hydrogen (secondary N) is 2. The van der Waals surface area contributed by atoms with Crippen LogP contribution in [0.25, 0.3) is 16.8 Å². The fraction of sp³-hybridized carbons (Fsp3) is 0.250. The van der Waals surface area contributed by atoms with Crippen molar-refractivity contribution in [2.24, 2.45) is 0 Å². The van der Waals surface area contributed by atoms with Crippen LogP contribution in [0.5, 0.6) is 0 Å². The van der Waals surface area contributed by atoms with Crippen molar-refractivity contribution in [1.29, 1.82) is 0 Å². The second kappa shape index (κ2) is 6.84. The normalized spacial score (nSPS) is 18.2. The number of aromatic nitrogens is 3. The highest BCUT2D eigenvalue weighted by Gasteiger charge is 2.36. The Morgan fingerprint density at radius 1 is 1.20 bits per heavy atom. The average molecular weight is 423 g/mol. The Labute approximate surface area is 174 Å². The number of carbonyl (C=O) groups is 3. The summed E-state index contributed by atoms with van der Waals surface area (Å²) in [5.74, 6) is -0.743. The molecule has 3 aromatic rings. The maximum Gasteiger partial charge on any atom is 0.286 e. The minimum atomic E-state index is -0.732. The highest BCUT2D eigenvalue weighted by atomic mass is 32.2. The predicted molar refractivity (Wildman–Crippen MR) is 110 cm³/mol. The van der Waals surface area contributed by atoms with Gasteiger partial charge in [0, 0.05) is 17.7 Å². The molecule has 1 unspecified atom stereocenters. The van der Waals surface area contributed by atoms with Gasteiger partial charge in [-0.3, -0.25) is 29.6 Å². The van der Waals surface area contributed by atoms with Crippen LogP contribution in [0.2, 0.25) is 0 Å². The smallest absolute Gasteiger partial charge is 0.286 e. The fourth-order valence-electron chi connectivity index (χ4n) is 3.92. The van der Waals surface area contributed by atoms with Crippen LogP contribution in [-0.2, 0) is 22.7 Å². The van der Waals surface area contributed by atoms with Gasteiger partial charge < -0.3 is 4.90 Å². The standard InChI is InChI=1S/C20H17N5O4S/c1-10-16(11-5-3-2-4-6-11)17-21-13-9-24(8-12(13)19(28)25(17)23-10)15(26)7-14-18(27)22-20(29)30-14/h2-6,14,23H,7-9H2,1H3,(H,22,27,29). The zero-order valence-electron chi connectivity index (χ0n) is 16.0. The van der Waals surface area contributed by atoms with Crippen molar-refractivity contribution in [3.8, 4) is 11.1 Å². The molecule has 0 radical (unpaired) electrons. The van der Waals surface area contributed by atoms with Gasteiger partial charge in [-0.2, -0.15) is 0 Å². The van der Waals surface area contributed by atoms with Crippen molar-refractivity contribution in [3.05, 3.63) is 57.6 Å². The summed E-state index contributed by atoms with van der Waals surface area (Å²) in [7, 11) is 0. The Balaban J connectivity index is 1.47. The number of rotatable bonds is 3. The van der Waals surface area contributed by atoms with Crippen LogP contribution < -0.4 is 10.9 Å². The van der Waals surface area contributed by atoms with E-state index < -0.39 is 16.4 Å². The SMILES string of the molecule is Cc1[nH]n2c(=O)c3c(nc2c1-c1ccccc1)CN(C(=O)CC1SC(=O)NC1=O)C3. The molecule has 10 heteroatoms. The summed E-state index contributed by atoms with van der Waals surface area (Å²) in [4.78, 5) is 55.0. The van der Waals surface area contributed by atoms with E-state index in [-0.39, 0.29) is 31.0 Å². The number of hydrogen-bond donors (Lipinski definition) is 2. The lowest BCUT2D eigenvalue weighted by Gasteiger charge is -2.15. The maximum atomic E-state index is 13.1. The molecule has 30 heavy (non-hydrogen) atoms. The predicted octanol–water partition coefficient (Wildman–Crippen LogP) is 1.58. The van der Waals surface area contributed by atoms with Crippen LogP contribution >= 0.6 is 11.8 Å². The molecule has 0 aliphatic carbocycles. The van der Waals surface area contributed by atoms with Crippen LogP contribution in [0.3, 0.4) is 0 Å². The van der Waals surface area contributed by atoms with Crippen LogP contribution in [-0.4, -0.2) is 41.8 Å². The van der Waals surface area contributed by atoms with Gasteiger partial charge in [0.05, 0.1) is 24.3 Å². The van der Waals surface area contributed by atoms with Gasteiger partial charge in [0.1, 0.15) is 5.25 Å². The molecule has 152 valence electrons. The minimum Gasteiger partial charge on any atom is -0.332 e. The van der Waals surface area contributed by atoms with Crippen molar-refractivity contribution in [1.82, 2.24) is 24.8 Å². The van der Waals surface area contributed by atoms with Gasteiger partial charge in [-0.05, 0) is 12.5 Å². The molecule has 9 nitrogen and oxygen atoms in total. The van der Waals surface area contributed by atoms with Crippen molar-refractivity contribution in [3.63, 3.8) is 0 Å². The Kier molecular flexibility index (Phi) is 4.24. The number of carbonyl (C=O) groups excluding carboxylic acids is 3. The van der Waals surface area contributed by atoms with Crippen molar-refractivity contribution >= 4 is 34.5 Å². The number of fused-ring (bicyclic) bond motifs is 2. The van der Waals surface area contributed by atoms with E-state index in [0.29, 0.717) is 16.9 Å². The number of H-pyrrole nitrogens is 1. The monoisotopic (exact) mass is 423 g/mol. The van der Waals surface area contributed by atoms with Crippen molar-refractivity contribution in [2.75, 3.05) is 0 Å². The van der Waals surface area contributed by atoms with E-state index in [2.05, 4.69) is 10.4 Å². The maximum absolute atomic E-state index is 13.1. The van der Waals surface area contributed by atoms with Crippen molar-refractivity contribution in [2.45, 2.75) is 31.7 Å². The van der Waals surface area contributed by atoms with Crippen LogP contribution in [0, 0.1) is 6.92 Å². The van der Waals surface area contributed by atoms with E-state index in [9.17, 15) is 19.2 Å². The third-order valence-electron chi connectivity index (χ3n) is 5.37. The van der Waals surface area contributed by atoms with Gasteiger partial charge in [-0.1, -0.05) is 42.1 Å². The summed E-state index contributed by atoms with van der Waals surface area (Å²) in [6, 6.07) is 9.68. The van der Waals surface area contributed by atoms with Gasteiger partial charge >= 0.3 is 0 Å². The fourth-order valence-corrected chi connectivity index (χ4v) is 4.73. The van der Waals surface area contributed by atoms with Crippen molar-refractivity contribution < 1.29 is 14.4 Å². The topological polar surface area (TPSA) is 117 Å². The first kappa shape index (κ1) is 18.6. The van der Waals surface area contributed by atoms with E-state index in [4.69, 9.17) is 4.98 Å². The molecule has 1 fully saturated rings. The second-order valence-electron chi connectivity index (χ2n) is 7.32. The number of thioether (sulfide) groups is 1. The number of aryl methyl sites for hydroxylation is 1. The first-order valence-electron chi connectivity index (χ1n) is 9.40. The average Bonchev–Trinajstić information content (AvgIpc) is 3.38. The highest BCUT2D eigenvalue weighted by molar-refractivity contribution is 8.15. The van der Waals surface area contributed by atoms with E-state index in [0.717, 1.165) is 28.6 Å². The summed E-state index contributed by atoms with van der Waals surface area (Å²) in [6.07, 6.45) is -0.0934. The molecule has 1 saturated heterocycles. The second-order valence-corrected chi connectivity index (χ2v) is 8.49. The first-order valence-corrected chi connectivity index (χ1v) is 10.3. The molecule has 0 bridgehead atoms. The van der Waals surface area contributed by atoms with Gasteiger partial charge in [-0.15, -0.1) is 0 Å². The van der Waals surface area contributed by atoms with E-state index in [1.54, 1.807) is 0 Å². The first-order chi connectivity index (χ1) is 14.4. The molecule has 2 aliphatic heterocycles. The molecular weight excluding hydrogens is 406 g/mol. The highest BCUT2D eigenvalue weighted by Crippen LogP contribution is 2.29. The Morgan fingerprint density at radius 3 is 2.67 bits per heavy atom. The van der Waals surface area contributed by atoms with Gasteiger partial charge in [0.25, 0.3) is 10.8 Å². The molecular formula is C20H17N5O4S. The lowest BCUT2D eigenvalue weighted by Crippen LogP contribution is -2.32. The molecule has 2 N–H and O–H groups in total. The number of aromatic amines is 1. The molecule has 0 saturated carbocycles. The lowest BCUT2D eigenvalue weighted by atomic mass is 10.1. The quantitative estimate of drug-likeness (QED) is 0.661. The molecule has 1 aromatic carbocycles. The number of hydrogen-bond acceptors (Lipinski definition) is 6. The molecule has 0 spiro atoms. The van der Waals surface area contributed by atoms with E-state index in [1.165, 1.54) is 9.42 Å². The van der Waals surface area contributed by atoms with E-state index >= 15 is 0 Å². The lowest BCUT2D eigenvalue weighted by molar-refractivity contribution is -0.133. The van der Waals surface area contributed by atoms with Gasteiger partial charge in [-0.25, -0.2) is 9.50 Å². The summed E-state index contributed by atoms with van der Waals surface area (Å²) in [5.41, 5.74) is 3.92. The molecule has 5 rings (SSSR count). The third kappa shape index (κ3) is 2.91.